The lowest BCUT2D eigenvalue weighted by Gasteiger charge is -2.32. The highest BCUT2D eigenvalue weighted by atomic mass is 35.5. The van der Waals surface area contributed by atoms with Crippen LogP contribution in [0.25, 0.3) is 0 Å². The van der Waals surface area contributed by atoms with Crippen molar-refractivity contribution in [2.45, 2.75) is 65.6 Å². The Morgan fingerprint density at radius 3 is 2.28 bits per heavy atom. The van der Waals surface area contributed by atoms with Crippen molar-refractivity contribution in [2.24, 2.45) is 0 Å². The predicted molar refractivity (Wildman–Crippen MR) is 119 cm³/mol. The summed E-state index contributed by atoms with van der Waals surface area (Å²) in [5, 5.41) is 3.62. The molecule has 2 atom stereocenters. The first-order valence-corrected chi connectivity index (χ1v) is 10.6. The number of rotatable bonds is 9. The van der Waals surface area contributed by atoms with Crippen molar-refractivity contribution in [2.75, 3.05) is 0 Å². The Hall–Kier alpha value is -2.33. The van der Waals surface area contributed by atoms with Crippen LogP contribution < -0.4 is 5.32 Å². The lowest BCUT2D eigenvalue weighted by molar-refractivity contribution is -0.141. The molecule has 1 N–H and O–H groups in total. The van der Waals surface area contributed by atoms with E-state index in [1.54, 1.807) is 11.0 Å². The quantitative estimate of drug-likeness (QED) is 0.633. The van der Waals surface area contributed by atoms with Crippen molar-refractivity contribution in [3.63, 3.8) is 0 Å². The third-order valence-electron chi connectivity index (χ3n) is 5.16. The number of nitrogens with one attached hydrogen (secondary N) is 1. The van der Waals surface area contributed by atoms with Crippen LogP contribution in [0.1, 0.15) is 50.3 Å². The van der Waals surface area contributed by atoms with E-state index in [-0.39, 0.29) is 24.3 Å². The first kappa shape index (κ1) is 23.0. The number of amides is 2. The van der Waals surface area contributed by atoms with Gasteiger partial charge in [0.05, 0.1) is 6.42 Å². The van der Waals surface area contributed by atoms with E-state index in [1.807, 2.05) is 70.2 Å². The Morgan fingerprint density at radius 1 is 1.03 bits per heavy atom. The molecular weight excluding hydrogens is 384 g/mol. The standard InChI is InChI=1S/C24H31ClN2O2/c1-5-18(4)26-24(29)22(6-2)27(16-20-9-7-8-10-21(20)25)23(28)15-19-13-11-17(3)12-14-19/h7-14,18,22H,5-6,15-16H2,1-4H3,(H,26,29)/t18-,22+/m1/s1. The summed E-state index contributed by atoms with van der Waals surface area (Å²) in [6, 6.07) is 14.9. The molecule has 0 heterocycles. The van der Waals surface area contributed by atoms with Crippen molar-refractivity contribution < 1.29 is 9.59 Å². The molecule has 4 nitrogen and oxygen atoms in total. The van der Waals surface area contributed by atoms with Gasteiger partial charge in [0.25, 0.3) is 0 Å². The smallest absolute Gasteiger partial charge is 0.243 e. The highest BCUT2D eigenvalue weighted by molar-refractivity contribution is 6.31. The van der Waals surface area contributed by atoms with Crippen molar-refractivity contribution >= 4 is 23.4 Å². The normalized spacial score (nSPS) is 12.9. The summed E-state index contributed by atoms with van der Waals surface area (Å²) in [5.74, 6) is -0.203. The second-order valence-corrected chi connectivity index (χ2v) is 7.92. The summed E-state index contributed by atoms with van der Waals surface area (Å²) >= 11 is 6.35. The van der Waals surface area contributed by atoms with Crippen molar-refractivity contribution in [1.29, 1.82) is 0 Å². The molecule has 0 saturated heterocycles. The molecule has 29 heavy (non-hydrogen) atoms. The Kier molecular flexibility index (Phi) is 8.71. The molecule has 0 saturated carbocycles. The van der Waals surface area contributed by atoms with Crippen LogP contribution in [0.5, 0.6) is 0 Å². The Morgan fingerprint density at radius 2 is 1.69 bits per heavy atom. The second kappa shape index (κ2) is 11.0. The number of carbonyl (C=O) groups excluding carboxylic acids is 2. The molecule has 156 valence electrons. The van der Waals surface area contributed by atoms with Crippen LogP contribution in [0, 0.1) is 6.92 Å². The number of benzene rings is 2. The third kappa shape index (κ3) is 6.60. The lowest BCUT2D eigenvalue weighted by atomic mass is 10.1. The number of hydrogen-bond donors (Lipinski definition) is 1. The van der Waals surface area contributed by atoms with Crippen LogP contribution in [0.2, 0.25) is 5.02 Å². The van der Waals surface area contributed by atoms with Gasteiger partial charge in [-0.15, -0.1) is 0 Å². The third-order valence-corrected chi connectivity index (χ3v) is 5.53. The van der Waals surface area contributed by atoms with Crippen LogP contribution in [-0.2, 0) is 22.6 Å². The van der Waals surface area contributed by atoms with E-state index in [1.165, 1.54) is 0 Å². The number of hydrogen-bond acceptors (Lipinski definition) is 2. The summed E-state index contributed by atoms with van der Waals surface area (Å²) in [4.78, 5) is 27.9. The van der Waals surface area contributed by atoms with Crippen molar-refractivity contribution in [1.82, 2.24) is 10.2 Å². The first-order chi connectivity index (χ1) is 13.8. The molecule has 0 aliphatic heterocycles. The van der Waals surface area contributed by atoms with Gasteiger partial charge in [-0.3, -0.25) is 9.59 Å². The molecule has 0 aliphatic carbocycles. The average Bonchev–Trinajstić information content (AvgIpc) is 2.70. The summed E-state index contributed by atoms with van der Waals surface area (Å²) in [5.41, 5.74) is 2.91. The minimum atomic E-state index is -0.543. The Bertz CT molecular complexity index is 820. The number of aryl methyl sites for hydroxylation is 1. The molecule has 0 aliphatic rings. The molecule has 2 aromatic rings. The predicted octanol–water partition coefficient (Wildman–Crippen LogP) is 4.91. The van der Waals surface area contributed by atoms with Gasteiger partial charge in [-0.25, -0.2) is 0 Å². The molecule has 2 aromatic carbocycles. The fourth-order valence-corrected chi connectivity index (χ4v) is 3.35. The van der Waals surface area contributed by atoms with E-state index in [9.17, 15) is 9.59 Å². The molecule has 2 rings (SSSR count). The molecule has 0 fully saturated rings. The van der Waals surface area contributed by atoms with E-state index in [0.717, 1.165) is 23.1 Å². The molecule has 5 heteroatoms. The Labute approximate surface area is 179 Å². The van der Waals surface area contributed by atoms with Gasteiger partial charge in [-0.2, -0.15) is 0 Å². The van der Waals surface area contributed by atoms with Gasteiger partial charge in [-0.1, -0.05) is 73.5 Å². The van der Waals surface area contributed by atoms with Crippen molar-refractivity contribution in [3.8, 4) is 0 Å². The van der Waals surface area contributed by atoms with E-state index < -0.39 is 6.04 Å². The van der Waals surface area contributed by atoms with Crippen LogP contribution >= 0.6 is 11.6 Å². The summed E-state index contributed by atoms with van der Waals surface area (Å²) < 4.78 is 0. The topological polar surface area (TPSA) is 49.4 Å². The van der Waals surface area contributed by atoms with Gasteiger partial charge < -0.3 is 10.2 Å². The maximum Gasteiger partial charge on any atom is 0.243 e. The van der Waals surface area contributed by atoms with Gasteiger partial charge >= 0.3 is 0 Å². The summed E-state index contributed by atoms with van der Waals surface area (Å²) in [6.45, 7) is 8.24. The van der Waals surface area contributed by atoms with Gasteiger partial charge in [0, 0.05) is 17.6 Å². The second-order valence-electron chi connectivity index (χ2n) is 7.52. The molecule has 0 unspecified atom stereocenters. The molecule has 0 radical (unpaired) electrons. The van der Waals surface area contributed by atoms with Gasteiger partial charge in [0.1, 0.15) is 6.04 Å². The number of carbonyl (C=O) groups is 2. The maximum absolute atomic E-state index is 13.3. The minimum absolute atomic E-state index is 0.0610. The van der Waals surface area contributed by atoms with Crippen LogP contribution in [0.4, 0.5) is 0 Å². The monoisotopic (exact) mass is 414 g/mol. The largest absolute Gasteiger partial charge is 0.352 e. The molecule has 0 aromatic heterocycles. The molecular formula is C24H31ClN2O2. The van der Waals surface area contributed by atoms with E-state index in [4.69, 9.17) is 11.6 Å². The van der Waals surface area contributed by atoms with Gasteiger partial charge in [0.2, 0.25) is 11.8 Å². The average molecular weight is 415 g/mol. The zero-order valence-electron chi connectivity index (χ0n) is 17.7. The molecule has 0 spiro atoms. The molecule has 2 amide bonds. The maximum atomic E-state index is 13.3. The molecule has 0 bridgehead atoms. The fourth-order valence-electron chi connectivity index (χ4n) is 3.15. The Balaban J connectivity index is 2.30. The van der Waals surface area contributed by atoms with E-state index in [2.05, 4.69) is 5.32 Å². The fraction of sp³-hybridized carbons (Fsp3) is 0.417. The number of nitrogens with zero attached hydrogens (tertiary/aromatic N) is 1. The van der Waals surface area contributed by atoms with Crippen LogP contribution in [-0.4, -0.2) is 28.8 Å². The van der Waals surface area contributed by atoms with Gasteiger partial charge in [-0.05, 0) is 43.9 Å². The van der Waals surface area contributed by atoms with Gasteiger partial charge in [0.15, 0.2) is 0 Å². The lowest BCUT2D eigenvalue weighted by Crippen LogP contribution is -2.51. The van der Waals surface area contributed by atoms with Crippen LogP contribution in [0.15, 0.2) is 48.5 Å². The van der Waals surface area contributed by atoms with E-state index in [0.29, 0.717) is 18.0 Å². The minimum Gasteiger partial charge on any atom is -0.352 e. The number of halogens is 1. The van der Waals surface area contributed by atoms with Crippen LogP contribution in [0.3, 0.4) is 0 Å². The highest BCUT2D eigenvalue weighted by Crippen LogP contribution is 2.21. The summed E-state index contributed by atoms with van der Waals surface area (Å²) in [6.07, 6.45) is 1.62. The zero-order chi connectivity index (χ0) is 21.4. The zero-order valence-corrected chi connectivity index (χ0v) is 18.5. The summed E-state index contributed by atoms with van der Waals surface area (Å²) in [7, 11) is 0. The SMILES string of the molecule is CC[C@@H](C)NC(=O)[C@H](CC)N(Cc1ccccc1Cl)C(=O)Cc1ccc(C)cc1. The van der Waals surface area contributed by atoms with E-state index >= 15 is 0 Å². The van der Waals surface area contributed by atoms with Crippen molar-refractivity contribution in [3.05, 3.63) is 70.2 Å². The highest BCUT2D eigenvalue weighted by Gasteiger charge is 2.29. The first-order valence-electron chi connectivity index (χ1n) is 10.2.